The number of ketones is 1. The highest BCUT2D eigenvalue weighted by Gasteiger charge is 2.53. The number of Topliss-reactive ketones (excluding diaryl/α,β-unsaturated/α-hetero) is 1. The highest BCUT2D eigenvalue weighted by atomic mass is 35.5. The molecule has 4 atom stereocenters. The lowest BCUT2D eigenvalue weighted by Gasteiger charge is -2.35. The first-order valence-electron chi connectivity index (χ1n) is 10.9. The highest BCUT2D eigenvalue weighted by Crippen LogP contribution is 2.39. The zero-order valence-electron chi connectivity index (χ0n) is 17.2. The van der Waals surface area contributed by atoms with Gasteiger partial charge in [0.15, 0.2) is 5.78 Å². The maximum atomic E-state index is 14.0. The molecule has 1 aromatic carbocycles. The molecular formula is C23H26ClN3O4. The maximum absolute atomic E-state index is 14.0. The van der Waals surface area contributed by atoms with E-state index >= 15 is 0 Å². The molecule has 2 aliphatic heterocycles. The van der Waals surface area contributed by atoms with Crippen molar-refractivity contribution in [1.82, 2.24) is 9.47 Å². The van der Waals surface area contributed by atoms with Crippen molar-refractivity contribution in [1.29, 1.82) is 0 Å². The van der Waals surface area contributed by atoms with Gasteiger partial charge in [-0.25, -0.2) is 0 Å². The van der Waals surface area contributed by atoms with Gasteiger partial charge in [0.2, 0.25) is 11.8 Å². The summed E-state index contributed by atoms with van der Waals surface area (Å²) in [4.78, 5) is 39.7. The van der Waals surface area contributed by atoms with Gasteiger partial charge in [0, 0.05) is 29.2 Å². The SMILES string of the molecule is NC(=O)c1ccc2c(ccn2[C@H](C(=O)N2C[C@H](Cl)[C@H]3OCC(=O)[C@H]32)C2CCCCC2)c1. The molecule has 0 spiro atoms. The van der Waals surface area contributed by atoms with Crippen molar-refractivity contribution in [3.05, 3.63) is 36.0 Å². The van der Waals surface area contributed by atoms with E-state index in [1.807, 2.05) is 22.9 Å². The molecule has 0 radical (unpaired) electrons. The number of likely N-dealkylation sites (tertiary alicyclic amines) is 1. The number of halogens is 1. The number of benzene rings is 1. The Morgan fingerprint density at radius 1 is 1.16 bits per heavy atom. The van der Waals surface area contributed by atoms with Crippen molar-refractivity contribution in [2.75, 3.05) is 13.2 Å². The first kappa shape index (κ1) is 20.5. The Morgan fingerprint density at radius 3 is 2.68 bits per heavy atom. The van der Waals surface area contributed by atoms with Gasteiger partial charge < -0.3 is 19.9 Å². The summed E-state index contributed by atoms with van der Waals surface area (Å²) < 4.78 is 7.59. The maximum Gasteiger partial charge on any atom is 0.248 e. The quantitative estimate of drug-likeness (QED) is 0.735. The Bertz CT molecular complexity index is 1040. The number of carbonyl (C=O) groups is 3. The lowest BCUT2D eigenvalue weighted by atomic mass is 9.83. The van der Waals surface area contributed by atoms with E-state index in [1.165, 1.54) is 6.42 Å². The van der Waals surface area contributed by atoms with Crippen molar-refractivity contribution in [2.24, 2.45) is 11.7 Å². The molecule has 2 amide bonds. The summed E-state index contributed by atoms with van der Waals surface area (Å²) in [6, 6.07) is 6.19. The molecule has 3 aliphatic rings. The number of fused-ring (bicyclic) bond motifs is 2. The molecule has 31 heavy (non-hydrogen) atoms. The predicted octanol–water partition coefficient (Wildman–Crippen LogP) is 2.65. The van der Waals surface area contributed by atoms with Crippen LogP contribution in [0.2, 0.25) is 0 Å². The summed E-state index contributed by atoms with van der Waals surface area (Å²) in [7, 11) is 0. The minimum atomic E-state index is -0.593. The molecule has 164 valence electrons. The fourth-order valence-corrected chi connectivity index (χ4v) is 5.91. The molecule has 3 heterocycles. The van der Waals surface area contributed by atoms with Crippen LogP contribution in [0.25, 0.3) is 10.9 Å². The number of hydrogen-bond donors (Lipinski definition) is 1. The molecular weight excluding hydrogens is 418 g/mol. The molecule has 2 aromatic rings. The van der Waals surface area contributed by atoms with Crippen LogP contribution in [0.4, 0.5) is 0 Å². The largest absolute Gasteiger partial charge is 0.366 e. The molecule has 5 rings (SSSR count). The third-order valence-electron chi connectivity index (χ3n) is 7.06. The van der Waals surface area contributed by atoms with Crippen LogP contribution in [0.3, 0.4) is 0 Å². The molecule has 2 N–H and O–H groups in total. The molecule has 1 aromatic heterocycles. The number of primary amides is 1. The van der Waals surface area contributed by atoms with E-state index < -0.39 is 24.1 Å². The number of hydrogen-bond acceptors (Lipinski definition) is 4. The van der Waals surface area contributed by atoms with Crippen LogP contribution < -0.4 is 5.73 Å². The van der Waals surface area contributed by atoms with Crippen LogP contribution in [0.1, 0.15) is 48.5 Å². The fraction of sp³-hybridized carbons (Fsp3) is 0.522. The lowest BCUT2D eigenvalue weighted by Crippen LogP contribution is -2.47. The number of ether oxygens (including phenoxy) is 1. The van der Waals surface area contributed by atoms with E-state index in [-0.39, 0.29) is 29.6 Å². The zero-order valence-corrected chi connectivity index (χ0v) is 18.0. The van der Waals surface area contributed by atoms with Crippen LogP contribution in [0, 0.1) is 5.92 Å². The van der Waals surface area contributed by atoms with Gasteiger partial charge in [0.05, 0.1) is 5.38 Å². The van der Waals surface area contributed by atoms with Gasteiger partial charge >= 0.3 is 0 Å². The van der Waals surface area contributed by atoms with Gasteiger partial charge in [0.1, 0.15) is 24.8 Å². The van der Waals surface area contributed by atoms with E-state index in [9.17, 15) is 14.4 Å². The van der Waals surface area contributed by atoms with Crippen LogP contribution >= 0.6 is 11.6 Å². The smallest absolute Gasteiger partial charge is 0.248 e. The summed E-state index contributed by atoms with van der Waals surface area (Å²) >= 11 is 6.45. The number of nitrogens with two attached hydrogens (primary N) is 1. The Kier molecular flexibility index (Phi) is 5.26. The van der Waals surface area contributed by atoms with Crippen molar-refractivity contribution in [2.45, 2.75) is 55.7 Å². The average molecular weight is 444 g/mol. The lowest BCUT2D eigenvalue weighted by molar-refractivity contribution is -0.141. The van der Waals surface area contributed by atoms with E-state index in [0.717, 1.165) is 36.6 Å². The van der Waals surface area contributed by atoms with E-state index in [4.69, 9.17) is 22.1 Å². The van der Waals surface area contributed by atoms with Crippen LogP contribution in [0.15, 0.2) is 30.5 Å². The Labute approximate surface area is 185 Å². The molecule has 8 heteroatoms. The average Bonchev–Trinajstić information content (AvgIpc) is 3.45. The van der Waals surface area contributed by atoms with Crippen LogP contribution in [-0.4, -0.2) is 57.7 Å². The molecule has 3 fully saturated rings. The second-order valence-electron chi connectivity index (χ2n) is 8.90. The van der Waals surface area contributed by atoms with Crippen molar-refractivity contribution < 1.29 is 19.1 Å². The van der Waals surface area contributed by atoms with Gasteiger partial charge in [-0.15, -0.1) is 11.6 Å². The summed E-state index contributed by atoms with van der Waals surface area (Å²) in [5.74, 6) is -0.448. The molecule has 1 saturated carbocycles. The van der Waals surface area contributed by atoms with E-state index in [2.05, 4.69) is 0 Å². The molecule has 0 unspecified atom stereocenters. The van der Waals surface area contributed by atoms with Gasteiger partial charge in [-0.3, -0.25) is 14.4 Å². The number of amides is 2. The van der Waals surface area contributed by atoms with E-state index in [0.29, 0.717) is 12.1 Å². The van der Waals surface area contributed by atoms with Gasteiger partial charge in [0.25, 0.3) is 0 Å². The molecule has 7 nitrogen and oxygen atoms in total. The van der Waals surface area contributed by atoms with Gasteiger partial charge in [-0.2, -0.15) is 0 Å². The fourth-order valence-electron chi connectivity index (χ4n) is 5.55. The summed E-state index contributed by atoms with van der Waals surface area (Å²) in [5, 5.41) is 0.478. The summed E-state index contributed by atoms with van der Waals surface area (Å²) in [6.45, 7) is 0.328. The van der Waals surface area contributed by atoms with Crippen LogP contribution in [-0.2, 0) is 14.3 Å². The minimum absolute atomic E-state index is 0.0127. The van der Waals surface area contributed by atoms with Gasteiger partial charge in [-0.05, 0) is 43.0 Å². The number of rotatable bonds is 4. The summed E-state index contributed by atoms with van der Waals surface area (Å²) in [6.07, 6.45) is 6.77. The number of nitrogens with zero attached hydrogens (tertiary/aromatic N) is 2. The predicted molar refractivity (Wildman–Crippen MR) is 116 cm³/mol. The third-order valence-corrected chi connectivity index (χ3v) is 7.45. The number of aromatic nitrogens is 1. The van der Waals surface area contributed by atoms with Crippen LogP contribution in [0.5, 0.6) is 0 Å². The van der Waals surface area contributed by atoms with Crippen molar-refractivity contribution in [3.8, 4) is 0 Å². The number of alkyl halides is 1. The van der Waals surface area contributed by atoms with Crippen molar-refractivity contribution in [3.63, 3.8) is 0 Å². The monoisotopic (exact) mass is 443 g/mol. The number of carbonyl (C=O) groups excluding carboxylic acids is 3. The molecule has 1 aliphatic carbocycles. The van der Waals surface area contributed by atoms with Gasteiger partial charge in [-0.1, -0.05) is 19.3 Å². The third kappa shape index (κ3) is 3.44. The Balaban J connectivity index is 1.55. The first-order valence-corrected chi connectivity index (χ1v) is 11.4. The first-order chi connectivity index (χ1) is 15.0. The Hall–Kier alpha value is -2.38. The zero-order chi connectivity index (χ0) is 21.7. The normalized spacial score (nSPS) is 27.6. The topological polar surface area (TPSA) is 94.6 Å². The Morgan fingerprint density at radius 2 is 1.94 bits per heavy atom. The standard InChI is InChI=1S/C23H26ClN3O4/c24-16-11-27(20-18(28)12-31-21(16)20)23(30)19(13-4-2-1-3-5-13)26-9-8-14-10-15(22(25)29)6-7-17(14)26/h6-10,13,16,19-21H,1-5,11-12H2,(H2,25,29)/t16-,19-,20+,21+/m0/s1. The minimum Gasteiger partial charge on any atom is -0.366 e. The summed E-state index contributed by atoms with van der Waals surface area (Å²) in [5.41, 5.74) is 6.74. The van der Waals surface area contributed by atoms with E-state index in [1.54, 1.807) is 17.0 Å². The second-order valence-corrected chi connectivity index (χ2v) is 9.46. The van der Waals surface area contributed by atoms with Crippen molar-refractivity contribution >= 4 is 40.1 Å². The molecule has 2 saturated heterocycles. The molecule has 0 bridgehead atoms. The second kappa shape index (κ2) is 7.95. The highest BCUT2D eigenvalue weighted by molar-refractivity contribution is 6.22.